The van der Waals surface area contributed by atoms with Crippen molar-refractivity contribution >= 4 is 28.6 Å². The molecule has 0 aliphatic carbocycles. The van der Waals surface area contributed by atoms with Crippen molar-refractivity contribution in [2.75, 3.05) is 13.6 Å². The first-order chi connectivity index (χ1) is 8.25. The van der Waals surface area contributed by atoms with Crippen molar-refractivity contribution in [2.24, 2.45) is 0 Å². The predicted octanol–water partition coefficient (Wildman–Crippen LogP) is 2.45. The van der Waals surface area contributed by atoms with Crippen molar-refractivity contribution in [3.63, 3.8) is 0 Å². The third kappa shape index (κ3) is 3.64. The molecule has 2 aromatic rings. The summed E-state index contributed by atoms with van der Waals surface area (Å²) in [5, 5.41) is 5.04. The van der Waals surface area contributed by atoms with E-state index < -0.39 is 0 Å². The number of thiophene rings is 1. The lowest BCUT2D eigenvalue weighted by molar-refractivity contribution is -0.129. The van der Waals surface area contributed by atoms with E-state index in [1.54, 1.807) is 33.8 Å². The SMILES string of the molecule is CN(CCc1nccs1)C(=O)Cc1cccs1. The van der Waals surface area contributed by atoms with Gasteiger partial charge in [-0.05, 0) is 11.4 Å². The summed E-state index contributed by atoms with van der Waals surface area (Å²) in [5.74, 6) is 0.170. The van der Waals surface area contributed by atoms with Crippen molar-refractivity contribution in [3.05, 3.63) is 39.0 Å². The smallest absolute Gasteiger partial charge is 0.227 e. The van der Waals surface area contributed by atoms with Gasteiger partial charge in [-0.3, -0.25) is 4.79 Å². The Balaban J connectivity index is 1.79. The first-order valence-electron chi connectivity index (χ1n) is 5.40. The van der Waals surface area contributed by atoms with Gasteiger partial charge in [-0.1, -0.05) is 6.07 Å². The highest BCUT2D eigenvalue weighted by molar-refractivity contribution is 7.10. The molecule has 0 radical (unpaired) electrons. The largest absolute Gasteiger partial charge is 0.345 e. The molecule has 17 heavy (non-hydrogen) atoms. The Kier molecular flexibility index (Phi) is 4.28. The lowest BCUT2D eigenvalue weighted by Gasteiger charge is -2.15. The molecule has 0 atom stereocenters. The van der Waals surface area contributed by atoms with Crippen LogP contribution in [0.2, 0.25) is 0 Å². The Morgan fingerprint density at radius 1 is 1.41 bits per heavy atom. The van der Waals surface area contributed by atoms with E-state index in [4.69, 9.17) is 0 Å². The zero-order valence-corrected chi connectivity index (χ0v) is 11.3. The fourth-order valence-electron chi connectivity index (χ4n) is 1.46. The molecule has 0 bridgehead atoms. The maximum absolute atomic E-state index is 11.9. The molecular formula is C12H14N2OS2. The fourth-order valence-corrected chi connectivity index (χ4v) is 2.77. The normalized spacial score (nSPS) is 10.4. The van der Waals surface area contributed by atoms with Gasteiger partial charge in [0.1, 0.15) is 0 Å². The number of aromatic nitrogens is 1. The van der Waals surface area contributed by atoms with Gasteiger partial charge in [0.05, 0.1) is 11.4 Å². The van der Waals surface area contributed by atoms with Crippen LogP contribution in [0.3, 0.4) is 0 Å². The maximum atomic E-state index is 11.9. The number of hydrogen-bond donors (Lipinski definition) is 0. The highest BCUT2D eigenvalue weighted by Crippen LogP contribution is 2.11. The molecule has 1 amide bonds. The zero-order chi connectivity index (χ0) is 12.1. The second-order valence-corrected chi connectivity index (χ2v) is 5.76. The Bertz CT molecular complexity index is 451. The summed E-state index contributed by atoms with van der Waals surface area (Å²) in [7, 11) is 1.85. The number of carbonyl (C=O) groups is 1. The minimum Gasteiger partial charge on any atom is -0.345 e. The Morgan fingerprint density at radius 2 is 2.29 bits per heavy atom. The van der Waals surface area contributed by atoms with Crippen LogP contribution < -0.4 is 0 Å². The zero-order valence-electron chi connectivity index (χ0n) is 9.63. The molecule has 2 rings (SSSR count). The summed E-state index contributed by atoms with van der Waals surface area (Å²) in [4.78, 5) is 19.0. The number of carbonyl (C=O) groups excluding carboxylic acids is 1. The molecule has 0 aromatic carbocycles. The van der Waals surface area contributed by atoms with E-state index in [0.29, 0.717) is 6.42 Å². The molecule has 0 saturated heterocycles. The second-order valence-electron chi connectivity index (χ2n) is 3.75. The van der Waals surface area contributed by atoms with E-state index in [0.717, 1.165) is 22.9 Å². The van der Waals surface area contributed by atoms with Crippen molar-refractivity contribution in [1.82, 2.24) is 9.88 Å². The van der Waals surface area contributed by atoms with E-state index in [2.05, 4.69) is 4.98 Å². The molecule has 2 heterocycles. The van der Waals surface area contributed by atoms with E-state index >= 15 is 0 Å². The quantitative estimate of drug-likeness (QED) is 0.833. The molecule has 0 fully saturated rings. The molecule has 5 heteroatoms. The molecule has 0 aliphatic rings. The van der Waals surface area contributed by atoms with Gasteiger partial charge in [0, 0.05) is 36.5 Å². The van der Waals surface area contributed by atoms with E-state index in [1.165, 1.54) is 0 Å². The standard InChI is InChI=1S/C12H14N2OS2/c1-14(6-4-11-13-5-8-17-11)12(15)9-10-3-2-7-16-10/h2-3,5,7-8H,4,6,9H2,1H3. The summed E-state index contributed by atoms with van der Waals surface area (Å²) >= 11 is 3.26. The molecule has 3 nitrogen and oxygen atoms in total. The molecule has 0 unspecified atom stereocenters. The lowest BCUT2D eigenvalue weighted by Crippen LogP contribution is -2.29. The Labute approximate surface area is 109 Å². The molecule has 0 saturated carbocycles. The summed E-state index contributed by atoms with van der Waals surface area (Å²) in [6.07, 6.45) is 3.14. The highest BCUT2D eigenvalue weighted by atomic mass is 32.1. The highest BCUT2D eigenvalue weighted by Gasteiger charge is 2.10. The Hall–Kier alpha value is -1.20. The van der Waals surface area contributed by atoms with Crippen LogP contribution in [0, 0.1) is 0 Å². The van der Waals surface area contributed by atoms with Crippen LogP contribution in [0.5, 0.6) is 0 Å². The van der Waals surface area contributed by atoms with Crippen LogP contribution in [0.25, 0.3) is 0 Å². The monoisotopic (exact) mass is 266 g/mol. The van der Waals surface area contributed by atoms with Crippen molar-refractivity contribution < 1.29 is 4.79 Å². The van der Waals surface area contributed by atoms with Gasteiger partial charge < -0.3 is 4.90 Å². The van der Waals surface area contributed by atoms with Crippen LogP contribution in [-0.4, -0.2) is 29.4 Å². The average Bonchev–Trinajstić information content (AvgIpc) is 2.98. The van der Waals surface area contributed by atoms with E-state index in [-0.39, 0.29) is 5.91 Å². The average molecular weight is 266 g/mol. The molecular weight excluding hydrogens is 252 g/mol. The third-order valence-electron chi connectivity index (χ3n) is 2.48. The topological polar surface area (TPSA) is 33.2 Å². The number of likely N-dealkylation sites (N-methyl/N-ethyl adjacent to an activating group) is 1. The fraction of sp³-hybridized carbons (Fsp3) is 0.333. The van der Waals surface area contributed by atoms with E-state index in [9.17, 15) is 4.79 Å². The minimum absolute atomic E-state index is 0.170. The van der Waals surface area contributed by atoms with Crippen molar-refractivity contribution in [2.45, 2.75) is 12.8 Å². The van der Waals surface area contributed by atoms with E-state index in [1.807, 2.05) is 29.9 Å². The van der Waals surface area contributed by atoms with Gasteiger partial charge in [0.25, 0.3) is 0 Å². The molecule has 90 valence electrons. The van der Waals surface area contributed by atoms with Gasteiger partial charge >= 0.3 is 0 Å². The van der Waals surface area contributed by atoms with Crippen LogP contribution in [0.15, 0.2) is 29.1 Å². The number of nitrogens with zero attached hydrogens (tertiary/aromatic N) is 2. The van der Waals surface area contributed by atoms with Crippen LogP contribution in [0.4, 0.5) is 0 Å². The molecule has 2 aromatic heterocycles. The third-order valence-corrected chi connectivity index (χ3v) is 4.19. The van der Waals surface area contributed by atoms with Crippen LogP contribution in [-0.2, 0) is 17.6 Å². The molecule has 0 spiro atoms. The van der Waals surface area contributed by atoms with Crippen LogP contribution in [0.1, 0.15) is 9.88 Å². The number of thiazole rings is 1. The lowest BCUT2D eigenvalue weighted by atomic mass is 10.3. The summed E-state index contributed by atoms with van der Waals surface area (Å²) < 4.78 is 0. The van der Waals surface area contributed by atoms with Gasteiger partial charge in [0.15, 0.2) is 0 Å². The summed E-state index contributed by atoms with van der Waals surface area (Å²) in [5.41, 5.74) is 0. The van der Waals surface area contributed by atoms with Gasteiger partial charge in [-0.25, -0.2) is 4.98 Å². The minimum atomic E-state index is 0.170. The van der Waals surface area contributed by atoms with Crippen molar-refractivity contribution in [1.29, 1.82) is 0 Å². The summed E-state index contributed by atoms with van der Waals surface area (Å²) in [6, 6.07) is 3.97. The molecule has 0 aliphatic heterocycles. The summed E-state index contributed by atoms with van der Waals surface area (Å²) in [6.45, 7) is 0.734. The second kappa shape index (κ2) is 5.93. The number of amides is 1. The van der Waals surface area contributed by atoms with Crippen molar-refractivity contribution in [3.8, 4) is 0 Å². The first kappa shape index (κ1) is 12.3. The Morgan fingerprint density at radius 3 is 2.94 bits per heavy atom. The molecule has 0 N–H and O–H groups in total. The van der Waals surface area contributed by atoms with Gasteiger partial charge in [-0.15, -0.1) is 22.7 Å². The number of rotatable bonds is 5. The van der Waals surface area contributed by atoms with Gasteiger partial charge in [0.2, 0.25) is 5.91 Å². The number of hydrogen-bond acceptors (Lipinski definition) is 4. The van der Waals surface area contributed by atoms with Crippen LogP contribution >= 0.6 is 22.7 Å². The maximum Gasteiger partial charge on any atom is 0.227 e. The first-order valence-corrected chi connectivity index (χ1v) is 7.16. The van der Waals surface area contributed by atoms with Gasteiger partial charge in [-0.2, -0.15) is 0 Å². The predicted molar refractivity (Wildman–Crippen MR) is 71.5 cm³/mol.